The van der Waals surface area contributed by atoms with Gasteiger partial charge in [0.2, 0.25) is 5.91 Å². The van der Waals surface area contributed by atoms with Crippen molar-refractivity contribution in [3.8, 4) is 0 Å². The van der Waals surface area contributed by atoms with E-state index in [9.17, 15) is 4.79 Å². The molecule has 7 heteroatoms. The van der Waals surface area contributed by atoms with Crippen LogP contribution >= 0.6 is 0 Å². The van der Waals surface area contributed by atoms with Crippen molar-refractivity contribution in [2.24, 2.45) is 16.3 Å². The Bertz CT molecular complexity index is 463. The van der Waals surface area contributed by atoms with Crippen molar-refractivity contribution in [3.05, 3.63) is 18.2 Å². The van der Waals surface area contributed by atoms with Crippen LogP contribution in [0.15, 0.2) is 17.5 Å². The third-order valence-electron chi connectivity index (χ3n) is 3.92. The van der Waals surface area contributed by atoms with Crippen LogP contribution < -0.4 is 11.1 Å². The summed E-state index contributed by atoms with van der Waals surface area (Å²) >= 11 is 0. The first-order valence-corrected chi connectivity index (χ1v) is 6.93. The number of nitrogens with zero attached hydrogens (tertiary/aromatic N) is 2. The number of imidazole rings is 1. The lowest BCUT2D eigenvalue weighted by molar-refractivity contribution is -0.127. The van der Waals surface area contributed by atoms with E-state index in [1.807, 2.05) is 0 Å². The lowest BCUT2D eigenvalue weighted by Gasteiger charge is -2.25. The van der Waals surface area contributed by atoms with Crippen molar-refractivity contribution >= 4 is 11.7 Å². The second kappa shape index (κ2) is 6.40. The maximum Gasteiger partial charge on any atom is 0.233 e. The summed E-state index contributed by atoms with van der Waals surface area (Å²) in [5.41, 5.74) is 4.90. The van der Waals surface area contributed by atoms with E-state index in [0.717, 1.165) is 31.5 Å². The van der Waals surface area contributed by atoms with Crippen LogP contribution in [-0.2, 0) is 11.2 Å². The predicted octanol–water partition coefficient (Wildman–Crippen LogP) is 0.765. The van der Waals surface area contributed by atoms with Gasteiger partial charge >= 0.3 is 0 Å². The Hall–Kier alpha value is -2.05. The number of aromatic nitrogens is 2. The normalized spacial score (nSPS) is 18.1. The van der Waals surface area contributed by atoms with Crippen LogP contribution in [-0.4, -0.2) is 33.5 Å². The fourth-order valence-corrected chi connectivity index (χ4v) is 2.74. The van der Waals surface area contributed by atoms with Crippen LogP contribution in [0, 0.1) is 5.41 Å². The molecule has 1 aromatic heterocycles. The van der Waals surface area contributed by atoms with Crippen LogP contribution in [0.25, 0.3) is 0 Å². The molecular weight excluding hydrogens is 258 g/mol. The lowest BCUT2D eigenvalue weighted by Crippen LogP contribution is -2.48. The van der Waals surface area contributed by atoms with Gasteiger partial charge in [0.15, 0.2) is 5.84 Å². The Morgan fingerprint density at radius 3 is 2.90 bits per heavy atom. The number of carbonyl (C=O) groups is 1. The summed E-state index contributed by atoms with van der Waals surface area (Å²) in [6.45, 7) is 0.556. The van der Waals surface area contributed by atoms with Gasteiger partial charge in [0.1, 0.15) is 11.2 Å². The smallest absolute Gasteiger partial charge is 0.233 e. The molecule has 0 spiro atoms. The first-order valence-electron chi connectivity index (χ1n) is 6.93. The number of oxime groups is 1. The minimum absolute atomic E-state index is 0.0264. The summed E-state index contributed by atoms with van der Waals surface area (Å²) in [5.74, 6) is 0.801. The number of hydrogen-bond acceptors (Lipinski definition) is 4. The first-order chi connectivity index (χ1) is 9.69. The monoisotopic (exact) mass is 279 g/mol. The standard InChI is InChI=1S/C13H21N5O2/c14-11(18-20)13(5-1-2-6-13)12(19)17-7-3-4-10-15-8-9-16-10/h8-9,20H,1-7H2,(H2,14,18)(H,15,16)(H,17,19). The molecule has 1 fully saturated rings. The summed E-state index contributed by atoms with van der Waals surface area (Å²) < 4.78 is 0. The van der Waals surface area contributed by atoms with Crippen LogP contribution in [0.3, 0.4) is 0 Å². The van der Waals surface area contributed by atoms with E-state index < -0.39 is 5.41 Å². The molecule has 0 aromatic carbocycles. The number of H-pyrrole nitrogens is 1. The molecule has 2 rings (SSSR count). The van der Waals surface area contributed by atoms with E-state index in [2.05, 4.69) is 20.4 Å². The summed E-state index contributed by atoms with van der Waals surface area (Å²) in [6.07, 6.45) is 8.21. The Kier molecular flexibility index (Phi) is 4.60. The molecular formula is C13H21N5O2. The highest BCUT2D eigenvalue weighted by molar-refractivity contribution is 6.07. The molecule has 1 heterocycles. The number of carbonyl (C=O) groups excluding carboxylic acids is 1. The molecule has 1 aliphatic rings. The molecule has 0 saturated heterocycles. The number of amidine groups is 1. The van der Waals surface area contributed by atoms with Gasteiger partial charge in [-0.25, -0.2) is 4.98 Å². The van der Waals surface area contributed by atoms with E-state index in [0.29, 0.717) is 19.4 Å². The summed E-state index contributed by atoms with van der Waals surface area (Å²) in [5, 5.41) is 14.8. The lowest BCUT2D eigenvalue weighted by atomic mass is 9.84. The molecule has 7 nitrogen and oxygen atoms in total. The Morgan fingerprint density at radius 1 is 1.55 bits per heavy atom. The zero-order valence-corrected chi connectivity index (χ0v) is 11.4. The summed E-state index contributed by atoms with van der Waals surface area (Å²) in [6, 6.07) is 0. The zero-order chi connectivity index (χ0) is 14.4. The highest BCUT2D eigenvalue weighted by atomic mass is 16.4. The molecule has 0 radical (unpaired) electrons. The van der Waals surface area contributed by atoms with Gasteiger partial charge in [0.25, 0.3) is 0 Å². The Balaban J connectivity index is 1.83. The largest absolute Gasteiger partial charge is 0.409 e. The second-order valence-electron chi connectivity index (χ2n) is 5.17. The van der Waals surface area contributed by atoms with Gasteiger partial charge < -0.3 is 21.2 Å². The van der Waals surface area contributed by atoms with E-state index in [-0.39, 0.29) is 11.7 Å². The fourth-order valence-electron chi connectivity index (χ4n) is 2.74. The Labute approximate surface area is 117 Å². The molecule has 20 heavy (non-hydrogen) atoms. The molecule has 0 unspecified atom stereocenters. The number of rotatable bonds is 6. The molecule has 0 atom stereocenters. The molecule has 1 amide bonds. The van der Waals surface area contributed by atoms with Crippen LogP contribution in [0.1, 0.15) is 37.9 Å². The van der Waals surface area contributed by atoms with E-state index in [4.69, 9.17) is 10.9 Å². The molecule has 110 valence electrons. The fraction of sp³-hybridized carbons (Fsp3) is 0.615. The number of aromatic amines is 1. The highest BCUT2D eigenvalue weighted by Gasteiger charge is 2.45. The number of hydrogen-bond donors (Lipinski definition) is 4. The topological polar surface area (TPSA) is 116 Å². The van der Waals surface area contributed by atoms with Gasteiger partial charge in [-0.05, 0) is 19.3 Å². The molecule has 1 aliphatic carbocycles. The quantitative estimate of drug-likeness (QED) is 0.202. The number of aryl methyl sites for hydroxylation is 1. The van der Waals surface area contributed by atoms with Crippen LogP contribution in [0.4, 0.5) is 0 Å². The Morgan fingerprint density at radius 2 is 2.30 bits per heavy atom. The molecule has 5 N–H and O–H groups in total. The van der Waals surface area contributed by atoms with E-state index >= 15 is 0 Å². The van der Waals surface area contributed by atoms with Crippen LogP contribution in [0.2, 0.25) is 0 Å². The minimum atomic E-state index is -0.820. The maximum absolute atomic E-state index is 12.3. The summed E-state index contributed by atoms with van der Waals surface area (Å²) in [4.78, 5) is 19.5. The van der Waals surface area contributed by atoms with Crippen molar-refractivity contribution in [2.45, 2.75) is 38.5 Å². The SMILES string of the molecule is N/C(=N/O)C1(C(=O)NCCCc2ncc[nH]2)CCCC1. The highest BCUT2D eigenvalue weighted by Crippen LogP contribution is 2.38. The van der Waals surface area contributed by atoms with Gasteiger partial charge in [-0.3, -0.25) is 4.79 Å². The predicted molar refractivity (Wildman–Crippen MR) is 74.2 cm³/mol. The van der Waals surface area contributed by atoms with Gasteiger partial charge in [-0.1, -0.05) is 18.0 Å². The van der Waals surface area contributed by atoms with Crippen molar-refractivity contribution in [1.82, 2.24) is 15.3 Å². The van der Waals surface area contributed by atoms with Crippen molar-refractivity contribution in [2.75, 3.05) is 6.54 Å². The van der Waals surface area contributed by atoms with Crippen LogP contribution in [0.5, 0.6) is 0 Å². The van der Waals surface area contributed by atoms with Crippen molar-refractivity contribution in [1.29, 1.82) is 0 Å². The molecule has 1 saturated carbocycles. The molecule has 1 aromatic rings. The summed E-state index contributed by atoms with van der Waals surface area (Å²) in [7, 11) is 0. The van der Waals surface area contributed by atoms with Gasteiger partial charge in [0.05, 0.1) is 0 Å². The van der Waals surface area contributed by atoms with Crippen molar-refractivity contribution < 1.29 is 10.0 Å². The van der Waals surface area contributed by atoms with Gasteiger partial charge in [-0.15, -0.1) is 0 Å². The zero-order valence-electron chi connectivity index (χ0n) is 11.4. The first kappa shape index (κ1) is 14.4. The average Bonchev–Trinajstić information content (AvgIpc) is 3.14. The number of amides is 1. The third kappa shape index (κ3) is 2.92. The van der Waals surface area contributed by atoms with Crippen molar-refractivity contribution in [3.63, 3.8) is 0 Å². The number of nitrogens with two attached hydrogens (primary N) is 1. The van der Waals surface area contributed by atoms with Gasteiger partial charge in [-0.2, -0.15) is 0 Å². The second-order valence-corrected chi connectivity index (χ2v) is 5.17. The average molecular weight is 279 g/mol. The third-order valence-corrected chi connectivity index (χ3v) is 3.92. The molecule has 0 bridgehead atoms. The van der Waals surface area contributed by atoms with E-state index in [1.165, 1.54) is 0 Å². The molecule has 0 aliphatic heterocycles. The maximum atomic E-state index is 12.3. The number of nitrogens with one attached hydrogen (secondary N) is 2. The van der Waals surface area contributed by atoms with Gasteiger partial charge in [0, 0.05) is 25.4 Å². The van der Waals surface area contributed by atoms with E-state index in [1.54, 1.807) is 12.4 Å². The minimum Gasteiger partial charge on any atom is -0.409 e.